The predicted molar refractivity (Wildman–Crippen MR) is 135 cm³/mol. The summed E-state index contributed by atoms with van der Waals surface area (Å²) in [5, 5.41) is 20.4. The smallest absolute Gasteiger partial charge is 0.267 e. The molecule has 6 rings (SSSR count). The van der Waals surface area contributed by atoms with Crippen molar-refractivity contribution in [1.29, 1.82) is 0 Å². The van der Waals surface area contributed by atoms with Crippen LogP contribution >= 0.6 is 11.3 Å². The minimum Gasteiger partial charge on any atom is -0.356 e. The zero-order chi connectivity index (χ0) is 23.8. The Kier molecular flexibility index (Phi) is 5.96. The Labute approximate surface area is 206 Å². The van der Waals surface area contributed by atoms with Gasteiger partial charge >= 0.3 is 0 Å². The number of fused-ring (bicyclic) bond motifs is 1. The average Bonchev–Trinajstić information content (AvgIpc) is 3.68. The third-order valence-electron chi connectivity index (χ3n) is 6.64. The van der Waals surface area contributed by atoms with Crippen molar-refractivity contribution in [3.05, 3.63) is 47.2 Å². The first kappa shape index (κ1) is 22.2. The van der Waals surface area contributed by atoms with Crippen molar-refractivity contribution < 1.29 is 9.53 Å². The zero-order valence-corrected chi connectivity index (χ0v) is 20.3. The van der Waals surface area contributed by atoms with E-state index in [1.54, 1.807) is 6.20 Å². The van der Waals surface area contributed by atoms with Crippen LogP contribution in [0.2, 0.25) is 0 Å². The molecule has 2 saturated heterocycles. The molecule has 0 bridgehead atoms. The fourth-order valence-corrected chi connectivity index (χ4v) is 5.46. The Morgan fingerprint density at radius 2 is 2.17 bits per heavy atom. The number of aromatic nitrogens is 5. The van der Waals surface area contributed by atoms with Crippen LogP contribution in [0.3, 0.4) is 0 Å². The normalized spacial score (nSPS) is 20.4. The second-order valence-corrected chi connectivity index (χ2v) is 10.1. The van der Waals surface area contributed by atoms with Gasteiger partial charge in [0.1, 0.15) is 4.88 Å². The summed E-state index contributed by atoms with van der Waals surface area (Å²) in [6.45, 7) is 4.68. The highest BCUT2D eigenvalue weighted by atomic mass is 32.1. The summed E-state index contributed by atoms with van der Waals surface area (Å²) in [6.07, 6.45) is 9.55. The predicted octanol–water partition coefficient (Wildman–Crippen LogP) is 4.23. The summed E-state index contributed by atoms with van der Waals surface area (Å²) >= 11 is 1.30. The summed E-state index contributed by atoms with van der Waals surface area (Å²) < 4.78 is 9.83. The zero-order valence-electron chi connectivity index (χ0n) is 19.5. The minimum atomic E-state index is -0.199. The molecule has 11 heteroatoms. The number of hydrogen-bond donors (Lipinski definition) is 3. The number of nitrogens with zero attached hydrogens (tertiary/aromatic N) is 5. The molecule has 10 nitrogen and oxygen atoms in total. The molecule has 0 spiro atoms. The number of aryl methyl sites for hydroxylation is 1. The van der Waals surface area contributed by atoms with E-state index in [2.05, 4.69) is 31.1 Å². The van der Waals surface area contributed by atoms with Crippen LogP contribution in [-0.4, -0.2) is 50.1 Å². The average molecular weight is 493 g/mol. The number of ether oxygens (including phenoxy) is 1. The van der Waals surface area contributed by atoms with Crippen LogP contribution in [0.15, 0.2) is 36.8 Å². The van der Waals surface area contributed by atoms with Gasteiger partial charge in [-0.25, -0.2) is 9.67 Å². The van der Waals surface area contributed by atoms with Crippen LogP contribution in [0, 0.1) is 6.92 Å². The number of benzene rings is 1. The number of thiazole rings is 1. The van der Waals surface area contributed by atoms with E-state index in [1.807, 2.05) is 46.9 Å². The maximum absolute atomic E-state index is 13.1. The topological polar surface area (TPSA) is 111 Å². The van der Waals surface area contributed by atoms with Gasteiger partial charge in [-0.05, 0) is 50.8 Å². The van der Waals surface area contributed by atoms with Gasteiger partial charge in [-0.1, -0.05) is 17.4 Å². The van der Waals surface area contributed by atoms with Crippen LogP contribution in [0.4, 0.5) is 16.6 Å². The molecule has 1 aromatic carbocycles. The fraction of sp³-hybridized carbons (Fsp3) is 0.417. The van der Waals surface area contributed by atoms with Crippen molar-refractivity contribution >= 4 is 44.8 Å². The molecule has 0 radical (unpaired) electrons. The summed E-state index contributed by atoms with van der Waals surface area (Å²) in [7, 11) is 0. The van der Waals surface area contributed by atoms with Crippen LogP contribution < -0.4 is 16.0 Å². The lowest BCUT2D eigenvalue weighted by Crippen LogP contribution is -2.19. The van der Waals surface area contributed by atoms with Crippen molar-refractivity contribution in [1.82, 2.24) is 29.9 Å². The molecule has 3 aromatic heterocycles. The molecule has 2 fully saturated rings. The summed E-state index contributed by atoms with van der Waals surface area (Å²) in [6, 6.07) is 6.36. The fourth-order valence-electron chi connectivity index (χ4n) is 4.74. The molecule has 0 aliphatic carbocycles. The highest BCUT2D eigenvalue weighted by Crippen LogP contribution is 2.32. The lowest BCUT2D eigenvalue weighted by molar-refractivity contribution is -0.0366. The van der Waals surface area contributed by atoms with Gasteiger partial charge < -0.3 is 20.7 Å². The Bertz CT molecular complexity index is 1350. The summed E-state index contributed by atoms with van der Waals surface area (Å²) in [5.41, 5.74) is 2.70. The maximum atomic E-state index is 13.1. The standard InChI is InChI=1S/C24H28N8O2S/c1-15-5-6-18-17(13-27-32(18)21-4-2-3-11-34-21)22(15)29-23(33)19-14-26-24(35-19)28-20-8-10-31(30-20)16-7-9-25-12-16/h5-6,8,10,13-14,16,21,25H,2-4,7,9,11-12H2,1H3,(H,29,33)(H,26,28,30)/t16-,21?/m1/s1. The highest BCUT2D eigenvalue weighted by molar-refractivity contribution is 7.17. The number of amides is 1. The van der Waals surface area contributed by atoms with Gasteiger partial charge in [-0.3, -0.25) is 9.48 Å². The monoisotopic (exact) mass is 492 g/mol. The lowest BCUT2D eigenvalue weighted by atomic mass is 10.1. The second-order valence-electron chi connectivity index (χ2n) is 9.04. The number of carbonyl (C=O) groups is 1. The van der Waals surface area contributed by atoms with Crippen molar-refractivity contribution in [2.75, 3.05) is 30.3 Å². The molecule has 5 heterocycles. The number of rotatable bonds is 6. The van der Waals surface area contributed by atoms with Gasteiger partial charge in [0.2, 0.25) is 0 Å². The summed E-state index contributed by atoms with van der Waals surface area (Å²) in [5.74, 6) is 0.520. The molecule has 4 aromatic rings. The number of hydrogen-bond acceptors (Lipinski definition) is 8. The van der Waals surface area contributed by atoms with E-state index >= 15 is 0 Å². The van der Waals surface area contributed by atoms with Crippen LogP contribution in [-0.2, 0) is 4.74 Å². The molecule has 0 saturated carbocycles. The molecule has 1 amide bonds. The van der Waals surface area contributed by atoms with Gasteiger partial charge in [0.15, 0.2) is 17.2 Å². The van der Waals surface area contributed by atoms with Gasteiger partial charge in [0.05, 0.1) is 29.6 Å². The minimum absolute atomic E-state index is 0.0592. The number of nitrogens with one attached hydrogen (secondary N) is 3. The highest BCUT2D eigenvalue weighted by Gasteiger charge is 2.22. The molecular weight excluding hydrogens is 464 g/mol. The molecule has 2 aliphatic rings. The van der Waals surface area contributed by atoms with E-state index < -0.39 is 0 Å². The molecular formula is C24H28N8O2S. The van der Waals surface area contributed by atoms with E-state index in [1.165, 1.54) is 11.3 Å². The quantitative estimate of drug-likeness (QED) is 0.369. The molecule has 182 valence electrons. The van der Waals surface area contributed by atoms with Gasteiger partial charge in [0, 0.05) is 30.8 Å². The van der Waals surface area contributed by atoms with Crippen molar-refractivity contribution in [3.63, 3.8) is 0 Å². The Morgan fingerprint density at radius 1 is 1.23 bits per heavy atom. The lowest BCUT2D eigenvalue weighted by Gasteiger charge is -2.23. The van der Waals surface area contributed by atoms with E-state index in [4.69, 9.17) is 4.74 Å². The SMILES string of the molecule is Cc1ccc2c(cnn2C2CCCCO2)c1NC(=O)c1cnc(Nc2ccn([C@@H]3CCNC3)n2)s1. The molecule has 1 unspecified atom stereocenters. The third kappa shape index (κ3) is 4.42. The first-order valence-corrected chi connectivity index (χ1v) is 12.9. The van der Waals surface area contributed by atoms with Crippen molar-refractivity contribution in [2.45, 2.75) is 44.9 Å². The largest absolute Gasteiger partial charge is 0.356 e. The third-order valence-corrected chi connectivity index (χ3v) is 7.55. The number of anilines is 3. The first-order valence-electron chi connectivity index (χ1n) is 12.0. The van der Waals surface area contributed by atoms with E-state index in [-0.39, 0.29) is 12.1 Å². The van der Waals surface area contributed by atoms with Crippen molar-refractivity contribution in [2.24, 2.45) is 0 Å². The molecule has 2 aliphatic heterocycles. The van der Waals surface area contributed by atoms with E-state index in [0.29, 0.717) is 16.1 Å². The molecule has 2 atom stereocenters. The second kappa shape index (κ2) is 9.40. The number of carbonyl (C=O) groups excluding carboxylic acids is 1. The van der Waals surface area contributed by atoms with Crippen LogP contribution in [0.1, 0.15) is 53.2 Å². The van der Waals surface area contributed by atoms with Crippen LogP contribution in [0.25, 0.3) is 10.9 Å². The maximum Gasteiger partial charge on any atom is 0.267 e. The Morgan fingerprint density at radius 3 is 3.00 bits per heavy atom. The van der Waals surface area contributed by atoms with Gasteiger partial charge in [-0.15, -0.1) is 0 Å². The first-order chi connectivity index (χ1) is 17.2. The van der Waals surface area contributed by atoms with Crippen LogP contribution in [0.5, 0.6) is 0 Å². The Balaban J connectivity index is 1.18. The van der Waals surface area contributed by atoms with E-state index in [0.717, 1.165) is 73.4 Å². The van der Waals surface area contributed by atoms with Gasteiger partial charge in [-0.2, -0.15) is 10.2 Å². The summed E-state index contributed by atoms with van der Waals surface area (Å²) in [4.78, 5) is 18.0. The van der Waals surface area contributed by atoms with E-state index in [9.17, 15) is 4.79 Å². The molecule has 3 N–H and O–H groups in total. The Hall–Kier alpha value is -3.28. The van der Waals surface area contributed by atoms with Gasteiger partial charge in [0.25, 0.3) is 5.91 Å². The van der Waals surface area contributed by atoms with Crippen molar-refractivity contribution in [3.8, 4) is 0 Å². The molecule has 35 heavy (non-hydrogen) atoms.